The van der Waals surface area contributed by atoms with E-state index in [2.05, 4.69) is 5.32 Å². The van der Waals surface area contributed by atoms with Gasteiger partial charge in [-0.25, -0.2) is 0 Å². The minimum absolute atomic E-state index is 0.0239. The molecule has 2 rings (SSSR count). The molecule has 0 aromatic heterocycles. The summed E-state index contributed by atoms with van der Waals surface area (Å²) in [5.41, 5.74) is 2.21. The van der Waals surface area contributed by atoms with Crippen LogP contribution < -0.4 is 5.32 Å². The van der Waals surface area contributed by atoms with Gasteiger partial charge in [0.15, 0.2) is 0 Å². The Labute approximate surface area is 195 Å². The molecule has 0 spiro atoms. The normalized spacial score (nSPS) is 11.7. The van der Waals surface area contributed by atoms with E-state index < -0.39 is 6.04 Å². The van der Waals surface area contributed by atoms with E-state index in [1.807, 2.05) is 69.3 Å². The van der Waals surface area contributed by atoms with Gasteiger partial charge in [-0.05, 0) is 61.8 Å². The predicted octanol–water partition coefficient (Wildman–Crippen LogP) is 5.85. The lowest BCUT2D eigenvalue weighted by molar-refractivity contribution is -0.141. The minimum Gasteiger partial charge on any atom is -0.354 e. The molecule has 31 heavy (non-hydrogen) atoms. The van der Waals surface area contributed by atoms with Crippen LogP contribution in [0.2, 0.25) is 5.02 Å². The van der Waals surface area contributed by atoms with Gasteiger partial charge in [-0.2, -0.15) is 0 Å². The van der Waals surface area contributed by atoms with Crippen LogP contribution >= 0.6 is 23.4 Å². The van der Waals surface area contributed by atoms with Gasteiger partial charge >= 0.3 is 0 Å². The van der Waals surface area contributed by atoms with Crippen LogP contribution in [0.25, 0.3) is 0 Å². The van der Waals surface area contributed by atoms with Crippen LogP contribution in [0.5, 0.6) is 0 Å². The van der Waals surface area contributed by atoms with E-state index in [9.17, 15) is 9.59 Å². The van der Waals surface area contributed by atoms with E-state index in [1.54, 1.807) is 16.7 Å². The van der Waals surface area contributed by atoms with Crippen LogP contribution in [0.3, 0.4) is 0 Å². The number of nitrogens with zero attached hydrogens (tertiary/aromatic N) is 1. The van der Waals surface area contributed by atoms with Gasteiger partial charge in [0.25, 0.3) is 0 Å². The fourth-order valence-corrected chi connectivity index (χ4v) is 4.24. The highest BCUT2D eigenvalue weighted by Crippen LogP contribution is 2.22. The van der Waals surface area contributed by atoms with Crippen LogP contribution in [0.1, 0.15) is 50.7 Å². The molecular weight excluding hydrogens is 428 g/mol. The Morgan fingerprint density at radius 2 is 1.74 bits per heavy atom. The number of benzene rings is 2. The topological polar surface area (TPSA) is 49.4 Å². The second-order valence-electron chi connectivity index (χ2n) is 7.63. The van der Waals surface area contributed by atoms with Crippen molar-refractivity contribution in [2.24, 2.45) is 0 Å². The molecule has 0 aliphatic rings. The van der Waals surface area contributed by atoms with Crippen molar-refractivity contribution in [2.45, 2.75) is 63.9 Å². The number of aryl methyl sites for hydroxylation is 1. The molecule has 2 amide bonds. The van der Waals surface area contributed by atoms with Gasteiger partial charge in [0.2, 0.25) is 11.8 Å². The highest BCUT2D eigenvalue weighted by Gasteiger charge is 2.28. The molecule has 0 saturated heterocycles. The quantitative estimate of drug-likeness (QED) is 0.319. The molecule has 2 aromatic carbocycles. The van der Waals surface area contributed by atoms with E-state index in [4.69, 9.17) is 11.6 Å². The molecule has 2 aromatic rings. The summed E-state index contributed by atoms with van der Waals surface area (Å²) in [7, 11) is 0. The number of nitrogens with one attached hydrogen (secondary N) is 1. The van der Waals surface area contributed by atoms with E-state index in [-0.39, 0.29) is 11.8 Å². The Balaban J connectivity index is 2.02. The first-order chi connectivity index (χ1) is 14.9. The van der Waals surface area contributed by atoms with Crippen molar-refractivity contribution < 1.29 is 9.59 Å². The van der Waals surface area contributed by atoms with Crippen LogP contribution in [-0.2, 0) is 16.1 Å². The molecule has 0 aliphatic carbocycles. The molecule has 0 unspecified atom stereocenters. The first-order valence-electron chi connectivity index (χ1n) is 11.0. The molecule has 0 fully saturated rings. The predicted molar refractivity (Wildman–Crippen MR) is 131 cm³/mol. The van der Waals surface area contributed by atoms with Gasteiger partial charge in [0, 0.05) is 29.4 Å². The van der Waals surface area contributed by atoms with E-state index in [1.165, 1.54) is 5.56 Å². The van der Waals surface area contributed by atoms with Crippen molar-refractivity contribution in [1.29, 1.82) is 0 Å². The Morgan fingerprint density at radius 1 is 1.06 bits per heavy atom. The molecule has 1 N–H and O–H groups in total. The van der Waals surface area contributed by atoms with Gasteiger partial charge in [0.05, 0.1) is 0 Å². The van der Waals surface area contributed by atoms with Crippen LogP contribution in [-0.4, -0.2) is 35.1 Å². The van der Waals surface area contributed by atoms with Crippen molar-refractivity contribution in [3.63, 3.8) is 0 Å². The first-order valence-corrected chi connectivity index (χ1v) is 12.3. The van der Waals surface area contributed by atoms with Crippen LogP contribution in [0, 0.1) is 6.92 Å². The third-order valence-electron chi connectivity index (χ3n) is 5.03. The van der Waals surface area contributed by atoms with Crippen molar-refractivity contribution in [2.75, 3.05) is 12.3 Å². The van der Waals surface area contributed by atoms with Crippen LogP contribution in [0.4, 0.5) is 0 Å². The van der Waals surface area contributed by atoms with E-state index >= 15 is 0 Å². The maximum absolute atomic E-state index is 13.2. The number of hydrogen-bond acceptors (Lipinski definition) is 3. The largest absolute Gasteiger partial charge is 0.354 e. The first kappa shape index (κ1) is 25.3. The maximum atomic E-state index is 13.2. The number of halogens is 1. The maximum Gasteiger partial charge on any atom is 0.242 e. The number of carbonyl (C=O) groups excluding carboxylic acids is 2. The van der Waals surface area contributed by atoms with Gasteiger partial charge in [-0.15, -0.1) is 11.8 Å². The molecule has 0 aliphatic heterocycles. The van der Waals surface area contributed by atoms with Crippen molar-refractivity contribution in [1.82, 2.24) is 10.2 Å². The number of carbonyl (C=O) groups is 2. The fourth-order valence-electron chi connectivity index (χ4n) is 3.26. The fraction of sp³-hybridized carbons (Fsp3) is 0.440. The molecule has 0 saturated carbocycles. The zero-order valence-electron chi connectivity index (χ0n) is 18.7. The van der Waals surface area contributed by atoms with E-state index in [0.717, 1.165) is 34.1 Å². The van der Waals surface area contributed by atoms with Gasteiger partial charge in [-0.3, -0.25) is 9.59 Å². The summed E-state index contributed by atoms with van der Waals surface area (Å²) >= 11 is 7.64. The smallest absolute Gasteiger partial charge is 0.242 e. The minimum atomic E-state index is -0.454. The lowest BCUT2D eigenvalue weighted by atomic mass is 10.1. The lowest BCUT2D eigenvalue weighted by Crippen LogP contribution is -2.49. The summed E-state index contributed by atoms with van der Waals surface area (Å²) in [5, 5.41) is 3.68. The Morgan fingerprint density at radius 3 is 2.35 bits per heavy atom. The van der Waals surface area contributed by atoms with Crippen molar-refractivity contribution >= 4 is 35.2 Å². The number of thioether (sulfide) groups is 1. The highest BCUT2D eigenvalue weighted by molar-refractivity contribution is 7.99. The summed E-state index contributed by atoms with van der Waals surface area (Å²) in [6.07, 6.45) is 2.64. The van der Waals surface area contributed by atoms with Crippen molar-refractivity contribution in [3.05, 3.63) is 64.7 Å². The third kappa shape index (κ3) is 8.58. The Kier molecular flexibility index (Phi) is 11.0. The number of hydrogen-bond donors (Lipinski definition) is 1. The Hall–Kier alpha value is -1.98. The number of rotatable bonds is 12. The second-order valence-corrected chi connectivity index (χ2v) is 9.23. The molecule has 1 atom stereocenters. The number of amides is 2. The van der Waals surface area contributed by atoms with Gasteiger partial charge < -0.3 is 10.2 Å². The monoisotopic (exact) mass is 460 g/mol. The van der Waals surface area contributed by atoms with Gasteiger partial charge in [0.1, 0.15) is 6.04 Å². The molecule has 6 heteroatoms. The second kappa shape index (κ2) is 13.4. The zero-order chi connectivity index (χ0) is 22.6. The molecule has 4 nitrogen and oxygen atoms in total. The standard InChI is InChI=1S/C25H33ClN2O2S/c1-4-16-27-25(30)23(5-2)28(18-20-10-8-19(3)9-11-20)24(29)7-6-17-31-22-14-12-21(26)13-15-22/h8-15,23H,4-7,16-18H2,1-3H3,(H,27,30)/t23-/m1/s1. The summed E-state index contributed by atoms with van der Waals surface area (Å²) in [6.45, 7) is 7.09. The summed E-state index contributed by atoms with van der Waals surface area (Å²) < 4.78 is 0. The van der Waals surface area contributed by atoms with Gasteiger partial charge in [-0.1, -0.05) is 55.3 Å². The lowest BCUT2D eigenvalue weighted by Gasteiger charge is -2.30. The zero-order valence-corrected chi connectivity index (χ0v) is 20.3. The average molecular weight is 461 g/mol. The van der Waals surface area contributed by atoms with E-state index in [0.29, 0.717) is 25.9 Å². The van der Waals surface area contributed by atoms with Crippen LogP contribution in [0.15, 0.2) is 53.4 Å². The van der Waals surface area contributed by atoms with Crippen molar-refractivity contribution in [3.8, 4) is 0 Å². The SMILES string of the molecule is CCCNC(=O)[C@@H](CC)N(Cc1ccc(C)cc1)C(=O)CCCSc1ccc(Cl)cc1. The summed E-state index contributed by atoms with van der Waals surface area (Å²) in [5.74, 6) is 0.793. The molecule has 0 bridgehead atoms. The highest BCUT2D eigenvalue weighted by atomic mass is 35.5. The summed E-state index contributed by atoms with van der Waals surface area (Å²) in [6, 6.07) is 15.4. The average Bonchev–Trinajstić information content (AvgIpc) is 2.77. The molecular formula is C25H33ClN2O2S. The molecule has 0 radical (unpaired) electrons. The Bertz CT molecular complexity index is 824. The molecule has 168 valence electrons. The molecule has 0 heterocycles. The summed E-state index contributed by atoms with van der Waals surface area (Å²) in [4.78, 5) is 28.8. The third-order valence-corrected chi connectivity index (χ3v) is 6.38.